The van der Waals surface area contributed by atoms with Gasteiger partial charge in [0.1, 0.15) is 11.9 Å². The van der Waals surface area contributed by atoms with Crippen LogP contribution in [-0.4, -0.2) is 11.5 Å². The third-order valence-electron chi connectivity index (χ3n) is 2.72. The lowest BCUT2D eigenvalue weighted by Gasteiger charge is -2.23. The number of nitrogens with two attached hydrogens (primary N) is 1. The molecule has 0 saturated carbocycles. The first-order chi connectivity index (χ1) is 9.15. The van der Waals surface area contributed by atoms with Crippen molar-refractivity contribution in [2.45, 2.75) is 6.92 Å². The Hall–Kier alpha value is -2.61. The Morgan fingerprint density at radius 1 is 1.42 bits per heavy atom. The van der Waals surface area contributed by atoms with E-state index in [1.54, 1.807) is 23.1 Å². The normalized spacial score (nSPS) is 9.95. The molecule has 0 unspecified atom stereocenters. The van der Waals surface area contributed by atoms with E-state index >= 15 is 0 Å². The maximum atomic E-state index is 13.3. The highest BCUT2D eigenvalue weighted by molar-refractivity contribution is 5.72. The summed E-state index contributed by atoms with van der Waals surface area (Å²) in [6.45, 7) is 2.51. The molecule has 1 aromatic heterocycles. The fraction of sp³-hybridized carbons (Fsp3) is 0.143. The molecular weight excluding hydrogens is 243 g/mol. The van der Waals surface area contributed by atoms with Crippen molar-refractivity contribution in [2.75, 3.05) is 17.2 Å². The van der Waals surface area contributed by atoms with Gasteiger partial charge in [0.05, 0.1) is 11.3 Å². The van der Waals surface area contributed by atoms with Gasteiger partial charge in [-0.2, -0.15) is 5.26 Å². The summed E-state index contributed by atoms with van der Waals surface area (Å²) in [7, 11) is 0. The minimum Gasteiger partial charge on any atom is -0.396 e. The average molecular weight is 256 g/mol. The van der Waals surface area contributed by atoms with Crippen LogP contribution in [0.25, 0.3) is 0 Å². The Morgan fingerprint density at radius 2 is 2.21 bits per heavy atom. The number of benzene rings is 1. The predicted molar refractivity (Wildman–Crippen MR) is 72.4 cm³/mol. The van der Waals surface area contributed by atoms with Crippen molar-refractivity contribution in [3.8, 4) is 6.07 Å². The number of hydrogen-bond acceptors (Lipinski definition) is 4. The molecule has 96 valence electrons. The van der Waals surface area contributed by atoms with Crippen LogP contribution in [0.5, 0.6) is 0 Å². The van der Waals surface area contributed by atoms with E-state index in [2.05, 4.69) is 4.98 Å². The van der Waals surface area contributed by atoms with E-state index in [4.69, 9.17) is 11.0 Å². The second-order valence-electron chi connectivity index (χ2n) is 3.97. The third kappa shape index (κ3) is 2.63. The van der Waals surface area contributed by atoms with Crippen molar-refractivity contribution in [3.63, 3.8) is 0 Å². The van der Waals surface area contributed by atoms with Gasteiger partial charge in [0.25, 0.3) is 0 Å². The van der Waals surface area contributed by atoms with Crippen LogP contribution in [0.2, 0.25) is 0 Å². The van der Waals surface area contributed by atoms with E-state index in [-0.39, 0.29) is 5.82 Å². The zero-order valence-corrected chi connectivity index (χ0v) is 10.5. The molecular formula is C14H13FN4. The second-order valence-corrected chi connectivity index (χ2v) is 3.97. The maximum absolute atomic E-state index is 13.3. The Bertz CT molecular complexity index is 634. The van der Waals surface area contributed by atoms with Gasteiger partial charge in [-0.25, -0.2) is 9.37 Å². The highest BCUT2D eigenvalue weighted by Crippen LogP contribution is 2.28. The lowest BCUT2D eigenvalue weighted by Crippen LogP contribution is -2.19. The van der Waals surface area contributed by atoms with Crippen LogP contribution < -0.4 is 10.6 Å². The summed E-state index contributed by atoms with van der Waals surface area (Å²) >= 11 is 0. The number of nitriles is 1. The molecule has 0 fully saturated rings. The van der Waals surface area contributed by atoms with Crippen molar-refractivity contribution >= 4 is 17.2 Å². The monoisotopic (exact) mass is 256 g/mol. The molecule has 0 spiro atoms. The van der Waals surface area contributed by atoms with Crippen LogP contribution in [0.15, 0.2) is 36.5 Å². The molecule has 1 heterocycles. The molecule has 0 aliphatic rings. The summed E-state index contributed by atoms with van der Waals surface area (Å²) in [5.41, 5.74) is 7.37. The van der Waals surface area contributed by atoms with Crippen LogP contribution in [0.1, 0.15) is 12.5 Å². The topological polar surface area (TPSA) is 65.9 Å². The molecule has 5 heteroatoms. The molecule has 2 rings (SSSR count). The highest BCUT2D eigenvalue weighted by Gasteiger charge is 2.13. The quantitative estimate of drug-likeness (QED) is 0.917. The summed E-state index contributed by atoms with van der Waals surface area (Å²) in [5, 5.41) is 8.79. The molecule has 0 radical (unpaired) electrons. The highest BCUT2D eigenvalue weighted by atomic mass is 19.1. The van der Waals surface area contributed by atoms with Crippen molar-refractivity contribution in [2.24, 2.45) is 0 Å². The van der Waals surface area contributed by atoms with Gasteiger partial charge < -0.3 is 10.6 Å². The van der Waals surface area contributed by atoms with Crippen molar-refractivity contribution in [3.05, 3.63) is 47.9 Å². The molecule has 0 bridgehead atoms. The largest absolute Gasteiger partial charge is 0.396 e. The van der Waals surface area contributed by atoms with Gasteiger partial charge >= 0.3 is 0 Å². The van der Waals surface area contributed by atoms with Gasteiger partial charge in [0, 0.05) is 18.4 Å². The summed E-state index contributed by atoms with van der Waals surface area (Å²) in [4.78, 5) is 5.97. The SMILES string of the molecule is CCN(c1cccc(F)c1)c1ncc(C#N)cc1N. The molecule has 2 N–H and O–H groups in total. The molecule has 0 aliphatic carbocycles. The van der Waals surface area contributed by atoms with Crippen LogP contribution >= 0.6 is 0 Å². The van der Waals surface area contributed by atoms with Crippen LogP contribution in [0, 0.1) is 17.1 Å². The Balaban J connectivity index is 2.46. The average Bonchev–Trinajstić information content (AvgIpc) is 2.41. The number of halogens is 1. The number of aromatic nitrogens is 1. The standard InChI is InChI=1S/C14H13FN4/c1-2-19(12-5-3-4-11(15)7-12)14-13(17)6-10(8-16)9-18-14/h3-7,9H,2,17H2,1H3. The first kappa shape index (κ1) is 12.8. The number of nitrogens with zero attached hydrogens (tertiary/aromatic N) is 3. The van der Waals surface area contributed by atoms with Gasteiger partial charge in [-0.05, 0) is 31.2 Å². The summed E-state index contributed by atoms with van der Waals surface area (Å²) in [5.74, 6) is 0.204. The van der Waals surface area contributed by atoms with E-state index in [0.717, 1.165) is 0 Å². The first-order valence-corrected chi connectivity index (χ1v) is 5.84. The minimum absolute atomic E-state index is 0.317. The molecule has 0 atom stereocenters. The fourth-order valence-electron chi connectivity index (χ4n) is 1.86. The number of hydrogen-bond donors (Lipinski definition) is 1. The molecule has 4 nitrogen and oxygen atoms in total. The summed E-state index contributed by atoms with van der Waals surface area (Å²) < 4.78 is 13.3. The lowest BCUT2D eigenvalue weighted by molar-refractivity contribution is 0.627. The van der Waals surface area contributed by atoms with Crippen molar-refractivity contribution in [1.82, 2.24) is 4.98 Å². The van der Waals surface area contributed by atoms with Gasteiger partial charge in [-0.3, -0.25) is 0 Å². The summed E-state index contributed by atoms with van der Waals surface area (Å²) in [6.07, 6.45) is 1.45. The van der Waals surface area contributed by atoms with E-state index in [9.17, 15) is 4.39 Å². The maximum Gasteiger partial charge on any atom is 0.156 e. The number of anilines is 3. The van der Waals surface area contributed by atoms with Gasteiger partial charge in [0.15, 0.2) is 5.82 Å². The van der Waals surface area contributed by atoms with E-state index in [0.29, 0.717) is 29.3 Å². The van der Waals surface area contributed by atoms with E-state index in [1.165, 1.54) is 18.3 Å². The summed E-state index contributed by atoms with van der Waals surface area (Å²) in [6, 6.07) is 9.76. The Morgan fingerprint density at radius 3 is 2.79 bits per heavy atom. The third-order valence-corrected chi connectivity index (χ3v) is 2.72. The van der Waals surface area contributed by atoms with Crippen LogP contribution in [0.3, 0.4) is 0 Å². The van der Waals surface area contributed by atoms with Crippen LogP contribution in [-0.2, 0) is 0 Å². The second kappa shape index (κ2) is 5.36. The van der Waals surface area contributed by atoms with Crippen molar-refractivity contribution < 1.29 is 4.39 Å². The molecule has 2 aromatic rings. The minimum atomic E-state index is -0.317. The zero-order chi connectivity index (χ0) is 13.8. The number of nitrogen functional groups attached to an aromatic ring is 1. The van der Waals surface area contributed by atoms with Gasteiger partial charge in [-0.15, -0.1) is 0 Å². The molecule has 0 amide bonds. The first-order valence-electron chi connectivity index (χ1n) is 5.84. The Kier molecular flexibility index (Phi) is 3.62. The number of pyridine rings is 1. The van der Waals surface area contributed by atoms with Gasteiger partial charge in [-0.1, -0.05) is 6.07 Å². The molecule has 0 aliphatic heterocycles. The molecule has 19 heavy (non-hydrogen) atoms. The predicted octanol–water partition coefficient (Wildman–Crippen LogP) is 2.83. The van der Waals surface area contributed by atoms with Crippen LogP contribution in [0.4, 0.5) is 21.6 Å². The lowest BCUT2D eigenvalue weighted by atomic mass is 10.2. The van der Waals surface area contributed by atoms with Gasteiger partial charge in [0.2, 0.25) is 0 Å². The molecule has 1 aromatic carbocycles. The Labute approximate surface area is 110 Å². The zero-order valence-electron chi connectivity index (χ0n) is 10.5. The van der Waals surface area contributed by atoms with E-state index in [1.807, 2.05) is 13.0 Å². The van der Waals surface area contributed by atoms with Crippen molar-refractivity contribution in [1.29, 1.82) is 5.26 Å². The molecule has 0 saturated heterocycles. The van der Waals surface area contributed by atoms with E-state index < -0.39 is 0 Å². The number of rotatable bonds is 3. The smallest absolute Gasteiger partial charge is 0.156 e. The fourth-order valence-corrected chi connectivity index (χ4v) is 1.86.